The summed E-state index contributed by atoms with van der Waals surface area (Å²) < 4.78 is 0. The predicted octanol–water partition coefficient (Wildman–Crippen LogP) is 3.30. The molecule has 0 saturated heterocycles. The van der Waals surface area contributed by atoms with Gasteiger partial charge in [0.2, 0.25) is 0 Å². The van der Waals surface area contributed by atoms with Gasteiger partial charge in [-0.15, -0.1) is 0 Å². The molecule has 0 fully saturated rings. The zero-order valence-corrected chi connectivity index (χ0v) is 13.3. The molecule has 1 heterocycles. The number of hydrogen-bond acceptors (Lipinski definition) is 4. The molecule has 1 aromatic rings. The Bertz CT molecular complexity index is 524. The Morgan fingerprint density at radius 3 is 2.43 bits per heavy atom. The minimum Gasteiger partial charge on any atom is -0.352 e. The van der Waals surface area contributed by atoms with Crippen LogP contribution in [0.2, 0.25) is 5.15 Å². The molecule has 7 heteroatoms. The molecule has 0 bridgehead atoms. The van der Waals surface area contributed by atoms with Crippen molar-refractivity contribution in [3.8, 4) is 0 Å². The molecule has 6 nitrogen and oxygen atoms in total. The fourth-order valence-corrected chi connectivity index (χ4v) is 2.43. The fraction of sp³-hybridized carbons (Fsp3) is 0.571. The molecule has 0 aliphatic carbocycles. The summed E-state index contributed by atoms with van der Waals surface area (Å²) in [5.74, 6) is 0.717. The molecule has 1 rings (SSSR count). The van der Waals surface area contributed by atoms with Crippen molar-refractivity contribution in [2.45, 2.75) is 27.7 Å². The van der Waals surface area contributed by atoms with E-state index < -0.39 is 10.8 Å². The molecule has 1 aromatic heterocycles. The van der Waals surface area contributed by atoms with E-state index in [1.165, 1.54) is 0 Å². The molecule has 0 atom stereocenters. The van der Waals surface area contributed by atoms with E-state index in [0.29, 0.717) is 24.3 Å². The lowest BCUT2D eigenvalue weighted by atomic mass is 9.85. The van der Waals surface area contributed by atoms with Gasteiger partial charge in [-0.2, -0.15) is 0 Å². The van der Waals surface area contributed by atoms with Crippen LogP contribution >= 0.6 is 11.6 Å². The van der Waals surface area contributed by atoms with E-state index in [0.717, 1.165) is 12.3 Å². The van der Waals surface area contributed by atoms with Gasteiger partial charge >= 0.3 is 0 Å². The van der Waals surface area contributed by atoms with Crippen molar-refractivity contribution in [1.29, 1.82) is 0 Å². The number of carbonyl (C=O) groups is 1. The van der Waals surface area contributed by atoms with Crippen LogP contribution in [0, 0.1) is 27.9 Å². The number of pyridine rings is 1. The Morgan fingerprint density at radius 2 is 1.95 bits per heavy atom. The van der Waals surface area contributed by atoms with Gasteiger partial charge in [0, 0.05) is 12.6 Å². The maximum atomic E-state index is 12.1. The molecule has 1 N–H and O–H groups in total. The second-order valence-electron chi connectivity index (χ2n) is 5.65. The van der Waals surface area contributed by atoms with Crippen LogP contribution in [0.4, 0.5) is 5.69 Å². The topological polar surface area (TPSA) is 85.1 Å². The summed E-state index contributed by atoms with van der Waals surface area (Å²) >= 11 is 5.84. The molecule has 1 amide bonds. The SMILES string of the molecule is CC(C)C(CNC(=O)c1cc([N+](=O)[O-])cnc1Cl)C(C)C. The standard InChI is InChI=1S/C14H20ClN3O3/c1-8(2)12(9(3)4)7-17-14(19)11-5-10(18(20)21)6-16-13(11)15/h5-6,8-9,12H,7H2,1-4H3,(H,17,19). The van der Waals surface area contributed by atoms with Crippen molar-refractivity contribution in [1.82, 2.24) is 10.3 Å². The number of amides is 1. The van der Waals surface area contributed by atoms with Crippen LogP contribution in [-0.4, -0.2) is 22.4 Å². The van der Waals surface area contributed by atoms with Crippen LogP contribution in [0.5, 0.6) is 0 Å². The third-order valence-electron chi connectivity index (χ3n) is 3.49. The number of nitrogens with zero attached hydrogens (tertiary/aromatic N) is 2. The Balaban J connectivity index is 2.84. The monoisotopic (exact) mass is 313 g/mol. The van der Waals surface area contributed by atoms with E-state index in [1.807, 2.05) is 0 Å². The van der Waals surface area contributed by atoms with Gasteiger partial charge in [0.1, 0.15) is 11.3 Å². The zero-order valence-electron chi connectivity index (χ0n) is 12.6. The lowest BCUT2D eigenvalue weighted by Gasteiger charge is -2.25. The maximum Gasteiger partial charge on any atom is 0.288 e. The minimum atomic E-state index is -0.606. The lowest BCUT2D eigenvalue weighted by Crippen LogP contribution is -2.34. The smallest absolute Gasteiger partial charge is 0.288 e. The van der Waals surface area contributed by atoms with Gasteiger partial charge in [0.15, 0.2) is 0 Å². The summed E-state index contributed by atoms with van der Waals surface area (Å²) in [5, 5.41) is 13.5. The Labute approximate surface area is 129 Å². The summed E-state index contributed by atoms with van der Waals surface area (Å²) in [6.45, 7) is 8.88. The first-order valence-electron chi connectivity index (χ1n) is 6.82. The molecule has 0 radical (unpaired) electrons. The summed E-state index contributed by atoms with van der Waals surface area (Å²) in [6, 6.07) is 1.14. The average Bonchev–Trinajstić information content (AvgIpc) is 2.37. The third-order valence-corrected chi connectivity index (χ3v) is 3.79. The predicted molar refractivity (Wildman–Crippen MR) is 81.4 cm³/mol. The van der Waals surface area contributed by atoms with Crippen LogP contribution in [0.3, 0.4) is 0 Å². The van der Waals surface area contributed by atoms with Gasteiger partial charge in [-0.3, -0.25) is 14.9 Å². The van der Waals surface area contributed by atoms with Crippen LogP contribution in [0.15, 0.2) is 12.3 Å². The third kappa shape index (κ3) is 4.67. The number of hydrogen-bond donors (Lipinski definition) is 1. The van der Waals surface area contributed by atoms with Gasteiger partial charge < -0.3 is 5.32 Å². The zero-order chi connectivity index (χ0) is 16.2. The molecule has 0 unspecified atom stereocenters. The van der Waals surface area contributed by atoms with E-state index in [4.69, 9.17) is 11.6 Å². The minimum absolute atomic E-state index is 0.0251. The highest BCUT2D eigenvalue weighted by molar-refractivity contribution is 6.32. The molecule has 0 saturated carbocycles. The number of nitrogens with one attached hydrogen (secondary N) is 1. The van der Waals surface area contributed by atoms with Gasteiger partial charge in [-0.25, -0.2) is 4.98 Å². The van der Waals surface area contributed by atoms with E-state index >= 15 is 0 Å². The summed E-state index contributed by atoms with van der Waals surface area (Å²) in [5.41, 5.74) is -0.231. The number of carbonyl (C=O) groups excluding carboxylic acids is 1. The first-order chi connectivity index (χ1) is 9.73. The Hall–Kier alpha value is -1.69. The highest BCUT2D eigenvalue weighted by Crippen LogP contribution is 2.21. The summed E-state index contributed by atoms with van der Waals surface area (Å²) in [7, 11) is 0. The maximum absolute atomic E-state index is 12.1. The highest BCUT2D eigenvalue weighted by Gasteiger charge is 2.21. The molecule has 21 heavy (non-hydrogen) atoms. The van der Waals surface area contributed by atoms with Crippen molar-refractivity contribution >= 4 is 23.2 Å². The Kier molecular flexibility index (Phi) is 6.08. The number of aromatic nitrogens is 1. The van der Waals surface area contributed by atoms with Crippen LogP contribution in [-0.2, 0) is 0 Å². The van der Waals surface area contributed by atoms with Crippen molar-refractivity contribution in [2.75, 3.05) is 6.54 Å². The van der Waals surface area contributed by atoms with E-state index in [2.05, 4.69) is 38.0 Å². The normalized spacial score (nSPS) is 11.2. The van der Waals surface area contributed by atoms with Crippen molar-refractivity contribution in [3.05, 3.63) is 33.1 Å². The van der Waals surface area contributed by atoms with Crippen molar-refractivity contribution < 1.29 is 9.72 Å². The van der Waals surface area contributed by atoms with Gasteiger partial charge in [-0.1, -0.05) is 39.3 Å². The summed E-state index contributed by atoms with van der Waals surface area (Å²) in [6.07, 6.45) is 1.03. The molecular weight excluding hydrogens is 294 g/mol. The van der Waals surface area contributed by atoms with Gasteiger partial charge in [0.05, 0.1) is 10.5 Å². The first kappa shape index (κ1) is 17.4. The van der Waals surface area contributed by atoms with Gasteiger partial charge in [-0.05, 0) is 17.8 Å². The summed E-state index contributed by atoms with van der Waals surface area (Å²) in [4.78, 5) is 25.9. The average molecular weight is 314 g/mol. The molecule has 0 aromatic carbocycles. The molecule has 116 valence electrons. The highest BCUT2D eigenvalue weighted by atomic mass is 35.5. The Morgan fingerprint density at radius 1 is 1.38 bits per heavy atom. The number of rotatable bonds is 6. The van der Waals surface area contributed by atoms with Crippen LogP contribution < -0.4 is 5.32 Å². The molecule has 0 spiro atoms. The van der Waals surface area contributed by atoms with Crippen molar-refractivity contribution in [3.63, 3.8) is 0 Å². The second kappa shape index (κ2) is 7.36. The fourth-order valence-electron chi connectivity index (χ4n) is 2.24. The van der Waals surface area contributed by atoms with Crippen molar-refractivity contribution in [2.24, 2.45) is 17.8 Å². The second-order valence-corrected chi connectivity index (χ2v) is 6.01. The molecular formula is C14H20ClN3O3. The van der Waals surface area contributed by atoms with Gasteiger partial charge in [0.25, 0.3) is 11.6 Å². The van der Waals surface area contributed by atoms with Crippen LogP contribution in [0.25, 0.3) is 0 Å². The largest absolute Gasteiger partial charge is 0.352 e. The lowest BCUT2D eigenvalue weighted by molar-refractivity contribution is -0.385. The number of nitro groups is 1. The quantitative estimate of drug-likeness (QED) is 0.496. The van der Waals surface area contributed by atoms with E-state index in [1.54, 1.807) is 0 Å². The first-order valence-corrected chi connectivity index (χ1v) is 7.20. The molecule has 0 aliphatic heterocycles. The van der Waals surface area contributed by atoms with E-state index in [-0.39, 0.29) is 16.4 Å². The number of halogens is 1. The van der Waals surface area contributed by atoms with Crippen LogP contribution in [0.1, 0.15) is 38.1 Å². The van der Waals surface area contributed by atoms with E-state index in [9.17, 15) is 14.9 Å². The molecule has 0 aliphatic rings.